The molecule has 0 saturated carbocycles. The lowest BCUT2D eigenvalue weighted by Crippen LogP contribution is -2.30. The summed E-state index contributed by atoms with van der Waals surface area (Å²) in [5.41, 5.74) is -0.162. The lowest BCUT2D eigenvalue weighted by molar-refractivity contribution is -0.118. The van der Waals surface area contributed by atoms with Gasteiger partial charge in [-0.25, -0.2) is 23.9 Å². The highest BCUT2D eigenvalue weighted by Crippen LogP contribution is 2.57. The fraction of sp³-hybridized carbons (Fsp3) is 0.455. The van der Waals surface area contributed by atoms with Crippen LogP contribution in [0, 0.1) is 5.92 Å². The van der Waals surface area contributed by atoms with Crippen LogP contribution in [0.2, 0.25) is 0 Å². The third-order valence-electron chi connectivity index (χ3n) is 6.51. The molecular formula is C22H25FN10O8P2S. The molecule has 0 radical (unpaired) electrons. The molecule has 2 aliphatic heterocycles. The van der Waals surface area contributed by atoms with Crippen molar-refractivity contribution in [3.63, 3.8) is 0 Å². The van der Waals surface area contributed by atoms with Crippen LogP contribution in [-0.2, 0) is 45.3 Å². The number of thiol groups is 1. The first kappa shape index (κ1) is 30.6. The Morgan fingerprint density at radius 1 is 1.32 bits per heavy atom. The van der Waals surface area contributed by atoms with Crippen molar-refractivity contribution in [3.05, 3.63) is 41.0 Å². The number of H-pyrrole nitrogens is 1. The number of aromatic amines is 1. The van der Waals surface area contributed by atoms with Crippen molar-refractivity contribution in [2.24, 2.45) is 5.92 Å². The van der Waals surface area contributed by atoms with Crippen molar-refractivity contribution in [2.75, 3.05) is 11.9 Å². The van der Waals surface area contributed by atoms with E-state index in [1.54, 1.807) is 18.4 Å². The fourth-order valence-electron chi connectivity index (χ4n) is 4.40. The van der Waals surface area contributed by atoms with Crippen LogP contribution in [0.15, 0.2) is 29.7 Å². The second-order valence-electron chi connectivity index (χ2n) is 9.80. The molecule has 6 heterocycles. The normalized spacial score (nSPS) is 27.8. The van der Waals surface area contributed by atoms with Crippen molar-refractivity contribution < 1.29 is 36.6 Å². The van der Waals surface area contributed by atoms with Gasteiger partial charge in [0.25, 0.3) is 5.56 Å². The van der Waals surface area contributed by atoms with Crippen molar-refractivity contribution >= 4 is 62.3 Å². The summed E-state index contributed by atoms with van der Waals surface area (Å²) in [4.78, 5) is 44.2. The lowest BCUT2D eigenvalue weighted by atomic mass is 10.1. The molecule has 44 heavy (non-hydrogen) atoms. The van der Waals surface area contributed by atoms with Crippen LogP contribution < -0.4 is 10.9 Å². The van der Waals surface area contributed by atoms with E-state index in [-0.39, 0.29) is 30.3 Å². The Balaban J connectivity index is 1.34. The molecule has 234 valence electrons. The number of amides is 1. The van der Waals surface area contributed by atoms with E-state index >= 15 is 4.39 Å². The van der Waals surface area contributed by atoms with Crippen LogP contribution >= 0.6 is 28.1 Å². The molecule has 18 nitrogen and oxygen atoms in total. The molecule has 4 aromatic rings. The first-order valence-electron chi connectivity index (χ1n) is 13.1. The van der Waals surface area contributed by atoms with Crippen LogP contribution in [0.1, 0.15) is 25.9 Å². The summed E-state index contributed by atoms with van der Waals surface area (Å²) in [7, 11) is -0.428. The number of carbonyl (C=O) groups is 1. The zero-order valence-corrected chi connectivity index (χ0v) is 25.7. The Morgan fingerprint density at radius 2 is 2.16 bits per heavy atom. The molecule has 1 saturated heterocycles. The summed E-state index contributed by atoms with van der Waals surface area (Å²) < 4.78 is 60.0. The van der Waals surface area contributed by atoms with Gasteiger partial charge in [-0.2, -0.15) is 9.67 Å². The molecule has 0 aromatic carbocycles. The number of hydrogen-bond acceptors (Lipinski definition) is 14. The third-order valence-corrected chi connectivity index (χ3v) is 8.66. The number of imidazole rings is 1. The molecule has 1 amide bonds. The first-order chi connectivity index (χ1) is 21.1. The number of anilines is 1. The number of nitrogens with zero attached hydrogens (tertiary/aromatic N) is 8. The lowest BCUT2D eigenvalue weighted by Gasteiger charge is -2.23. The Labute approximate surface area is 253 Å². The number of alkyl halides is 1. The fourth-order valence-corrected chi connectivity index (χ4v) is 6.14. The van der Waals surface area contributed by atoms with Crippen LogP contribution in [0.25, 0.3) is 22.3 Å². The van der Waals surface area contributed by atoms with Crippen LogP contribution in [0.5, 0.6) is 0 Å². The number of rotatable bonds is 3. The highest BCUT2D eigenvalue weighted by Gasteiger charge is 2.50. The van der Waals surface area contributed by atoms with Crippen LogP contribution in [-0.4, -0.2) is 75.4 Å². The maximum absolute atomic E-state index is 15.9. The molecule has 22 heteroatoms. The van der Waals surface area contributed by atoms with Gasteiger partial charge in [-0.05, 0) is 6.08 Å². The van der Waals surface area contributed by atoms with Gasteiger partial charge in [0.2, 0.25) is 20.9 Å². The van der Waals surface area contributed by atoms with E-state index in [0.29, 0.717) is 23.5 Å². The third kappa shape index (κ3) is 6.24. The van der Waals surface area contributed by atoms with E-state index in [4.69, 9.17) is 22.8 Å². The van der Waals surface area contributed by atoms with Gasteiger partial charge in [-0.3, -0.25) is 28.9 Å². The summed E-state index contributed by atoms with van der Waals surface area (Å²) in [6, 6.07) is 0. The zero-order valence-electron chi connectivity index (χ0n) is 22.9. The quantitative estimate of drug-likeness (QED) is 0.211. The van der Waals surface area contributed by atoms with E-state index in [0.717, 1.165) is 4.68 Å². The smallest absolute Gasteiger partial charge is 0.387 e. The van der Waals surface area contributed by atoms with Gasteiger partial charge in [0.15, 0.2) is 29.2 Å². The molecule has 4 aromatic heterocycles. The molecule has 1 fully saturated rings. The molecule has 6 rings (SSSR count). The first-order valence-corrected chi connectivity index (χ1v) is 16.6. The molecule has 2 unspecified atom stereocenters. The van der Waals surface area contributed by atoms with Gasteiger partial charge in [0, 0.05) is 12.5 Å². The molecule has 6 atom stereocenters. The molecule has 0 spiro atoms. The summed E-state index contributed by atoms with van der Waals surface area (Å²) in [5.74, 6) is -0.708. The maximum atomic E-state index is 15.9. The number of nitrogens with one attached hydrogen (secondary N) is 2. The molecule has 2 N–H and O–H groups in total. The van der Waals surface area contributed by atoms with E-state index in [2.05, 4.69) is 52.8 Å². The highest BCUT2D eigenvalue weighted by molar-refractivity contribution is 8.44. The topological polar surface area (TPSA) is 212 Å². The minimum atomic E-state index is -4.32. The zero-order chi connectivity index (χ0) is 31.0. The Kier molecular flexibility index (Phi) is 8.74. The monoisotopic (exact) mass is 670 g/mol. The summed E-state index contributed by atoms with van der Waals surface area (Å²) in [5, 5.41) is 10.3. The number of aromatic nitrogens is 9. The summed E-state index contributed by atoms with van der Waals surface area (Å²) in [6.45, 7) is -0.856. The Morgan fingerprint density at radius 3 is 2.98 bits per heavy atom. The summed E-state index contributed by atoms with van der Waals surface area (Å²) in [6.07, 6.45) is -1.02. The average molecular weight is 671 g/mol. The van der Waals surface area contributed by atoms with E-state index < -0.39 is 57.8 Å². The van der Waals surface area contributed by atoms with Gasteiger partial charge in [-0.15, -0.1) is 5.10 Å². The second kappa shape index (κ2) is 12.5. The van der Waals surface area contributed by atoms with Crippen molar-refractivity contribution in [1.82, 2.24) is 44.5 Å². The van der Waals surface area contributed by atoms with Gasteiger partial charge < -0.3 is 18.4 Å². The number of carbonyl (C=O) groups excluding carboxylic acids is 1. The highest BCUT2D eigenvalue weighted by atomic mass is 32.7. The molecule has 2 aliphatic rings. The average Bonchev–Trinajstić information content (AvgIpc) is 3.65. The number of fused-ring (bicyclic) bond motifs is 6. The van der Waals surface area contributed by atoms with E-state index in [1.807, 2.05) is 0 Å². The second-order valence-corrected chi connectivity index (χ2v) is 13.4. The molecular weight excluding hydrogens is 645 g/mol. The number of halogens is 1. The predicted molar refractivity (Wildman–Crippen MR) is 154 cm³/mol. The Bertz CT molecular complexity index is 1840. The van der Waals surface area contributed by atoms with Crippen molar-refractivity contribution in [2.45, 2.75) is 51.6 Å². The van der Waals surface area contributed by atoms with Crippen molar-refractivity contribution in [3.8, 4) is 0 Å². The summed E-state index contributed by atoms with van der Waals surface area (Å²) >= 11 is 4.09. The van der Waals surface area contributed by atoms with Crippen molar-refractivity contribution in [1.29, 1.82) is 0 Å². The predicted octanol–water partition coefficient (Wildman–Crippen LogP) is 2.19. The molecule has 2 bridgehead atoms. The minimum absolute atomic E-state index is 0.162. The van der Waals surface area contributed by atoms with Gasteiger partial charge >= 0.3 is 6.80 Å². The largest absolute Gasteiger partial charge is 0.458 e. The van der Waals surface area contributed by atoms with Gasteiger partial charge in [-0.1, -0.05) is 31.3 Å². The minimum Gasteiger partial charge on any atom is -0.458 e. The number of hydrogen-bond donors (Lipinski definition) is 3. The SMILES string of the molecule is CC(C)C(=O)Nc1nc2c(nnn2[C@@H]2O[C@@H]3/C=C/OPOCCn4c(nc5cncnc54)COP(=O)(S)O[C@@H]2[C@@H]3F)c(=O)[nH]1. The van der Waals surface area contributed by atoms with E-state index in [9.17, 15) is 14.2 Å². The standard InChI is InChI=1S/C22H25FN10O8P2S/c1-10(2)19(34)28-22-27-18-15(20(35)29-22)30-31-33(18)21-16-14(23)12(40-21)3-5-37-42-38-6-4-32-13(8-39-43(36,44)41-16)26-11-7-24-9-25-17(11)32/h3,5,7,9-10,12,14,16,21,42H,4,6,8H2,1-2H3,(H,36,44)(H2,27,28,29,34,35)/b5-3+/t12-,14-,16-,21-,43?/m1/s1. The van der Waals surface area contributed by atoms with Crippen LogP contribution in [0.4, 0.5) is 10.3 Å². The van der Waals surface area contributed by atoms with Gasteiger partial charge in [0.1, 0.15) is 36.5 Å². The maximum Gasteiger partial charge on any atom is 0.387 e. The molecule has 0 aliphatic carbocycles. The Hall–Kier alpha value is -3.38. The van der Waals surface area contributed by atoms with Gasteiger partial charge in [0.05, 0.1) is 19.1 Å². The number of ether oxygens (including phenoxy) is 1. The van der Waals surface area contributed by atoms with E-state index in [1.165, 1.54) is 24.9 Å². The van der Waals surface area contributed by atoms with Crippen LogP contribution in [0.3, 0.4) is 0 Å².